The van der Waals surface area contributed by atoms with Gasteiger partial charge < -0.3 is 0 Å². The zero-order chi connectivity index (χ0) is 31.0. The Bertz CT molecular complexity index is 1480. The molecule has 2 nitrogen and oxygen atoms in total. The normalized spacial score (nSPS) is 13.4. The van der Waals surface area contributed by atoms with Crippen molar-refractivity contribution in [3.63, 3.8) is 0 Å². The quantitative estimate of drug-likeness (QED) is 0.176. The van der Waals surface area contributed by atoms with E-state index in [1.54, 1.807) is 0 Å². The van der Waals surface area contributed by atoms with Crippen LogP contribution in [0.15, 0.2) is 161 Å². The molecular weight excluding hydrogens is 659 g/mol. The van der Waals surface area contributed by atoms with E-state index < -0.39 is 26.7 Å². The summed E-state index contributed by atoms with van der Waals surface area (Å²) < 4.78 is 12.5. The summed E-state index contributed by atoms with van der Waals surface area (Å²) in [4.78, 5) is 0. The summed E-state index contributed by atoms with van der Waals surface area (Å²) in [5.41, 5.74) is 0. The summed E-state index contributed by atoms with van der Waals surface area (Å²) in [7, 11) is -2.69. The van der Waals surface area contributed by atoms with Crippen molar-refractivity contribution in [1.29, 1.82) is 0 Å². The van der Waals surface area contributed by atoms with Crippen molar-refractivity contribution >= 4 is 47.8 Å². The average Bonchev–Trinajstić information content (AvgIpc) is 3.07. The molecule has 1 atom stereocenters. The Morgan fingerprint density at radius 3 is 1.30 bits per heavy atom. The van der Waals surface area contributed by atoms with Gasteiger partial charge >= 0.3 is 271 Å². The first kappa shape index (κ1) is 32.2. The van der Waals surface area contributed by atoms with Gasteiger partial charge in [0, 0.05) is 0 Å². The van der Waals surface area contributed by atoms with Gasteiger partial charge in [-0.3, -0.25) is 0 Å². The Hall–Kier alpha value is -3.22. The van der Waals surface area contributed by atoms with Gasteiger partial charge in [0.25, 0.3) is 0 Å². The summed E-state index contributed by atoms with van der Waals surface area (Å²) in [6, 6.07) is 54.3. The van der Waals surface area contributed by atoms with Crippen LogP contribution in [0.3, 0.4) is 0 Å². The van der Waals surface area contributed by atoms with Crippen molar-refractivity contribution in [1.82, 2.24) is 0 Å². The Morgan fingerprint density at radius 1 is 0.636 bits per heavy atom. The third kappa shape index (κ3) is 6.29. The summed E-state index contributed by atoms with van der Waals surface area (Å²) in [5.74, 6) is 0.0889. The molecule has 0 saturated heterocycles. The SMILES string of the molecule is CC(/C=[C](\CO)[Sn]([c]1ccccc1)([c]1ccccc1)[c]1ccccc1)CO[Si](c1ccccc1)(c1ccccc1)C(C)(C)C. The predicted octanol–water partition coefficient (Wildman–Crippen LogP) is 5.83. The number of benzene rings is 5. The minimum atomic E-state index is -3.88. The Morgan fingerprint density at radius 2 is 0.977 bits per heavy atom. The first-order valence-corrected chi connectivity index (χ1v) is 23.2. The minimum absolute atomic E-state index is 0.0122. The molecule has 1 N–H and O–H groups in total. The molecule has 5 rings (SSSR count). The van der Waals surface area contributed by atoms with E-state index >= 15 is 0 Å². The molecule has 0 radical (unpaired) electrons. The average molecular weight is 704 g/mol. The Balaban J connectivity index is 1.63. The first-order chi connectivity index (χ1) is 21.3. The topological polar surface area (TPSA) is 29.5 Å². The van der Waals surface area contributed by atoms with Crippen LogP contribution in [0.1, 0.15) is 27.7 Å². The fourth-order valence-corrected chi connectivity index (χ4v) is 25.7. The second-order valence-electron chi connectivity index (χ2n) is 12.6. The van der Waals surface area contributed by atoms with E-state index in [-0.39, 0.29) is 17.6 Å². The van der Waals surface area contributed by atoms with Crippen LogP contribution in [-0.4, -0.2) is 45.0 Å². The van der Waals surface area contributed by atoms with Crippen LogP contribution < -0.4 is 21.1 Å². The molecule has 0 aliphatic carbocycles. The van der Waals surface area contributed by atoms with Crippen molar-refractivity contribution in [2.24, 2.45) is 5.92 Å². The third-order valence-electron chi connectivity index (χ3n) is 8.74. The van der Waals surface area contributed by atoms with Crippen molar-refractivity contribution in [2.45, 2.75) is 32.7 Å². The van der Waals surface area contributed by atoms with Crippen LogP contribution in [-0.2, 0) is 4.43 Å². The van der Waals surface area contributed by atoms with Crippen LogP contribution in [0.25, 0.3) is 0 Å². The maximum absolute atomic E-state index is 11.3. The van der Waals surface area contributed by atoms with E-state index in [0.717, 1.165) is 3.59 Å². The van der Waals surface area contributed by atoms with Gasteiger partial charge in [0.05, 0.1) is 0 Å². The van der Waals surface area contributed by atoms with Crippen LogP contribution in [0.2, 0.25) is 5.04 Å². The van der Waals surface area contributed by atoms with E-state index in [1.165, 1.54) is 21.1 Å². The van der Waals surface area contributed by atoms with Gasteiger partial charge in [-0.2, -0.15) is 0 Å². The van der Waals surface area contributed by atoms with Gasteiger partial charge in [-0.05, 0) is 0 Å². The zero-order valence-electron chi connectivity index (χ0n) is 26.4. The standard InChI is InChI=1S/C22H29O2Si.3C6H5.Sn/c1-19(12-11-17-23)18-24-25(22(2,3)4,20-13-7-5-8-14-20)21-15-9-6-10-16-21;3*1-2-4-6-5-3-1;/h5-10,12-16,19,23H,17-18H2,1-4H3;3*1-5H;. The summed E-state index contributed by atoms with van der Waals surface area (Å²) in [6.07, 6.45) is 2.35. The van der Waals surface area contributed by atoms with Gasteiger partial charge in [-0.1, -0.05) is 0 Å². The molecule has 1 unspecified atom stereocenters. The van der Waals surface area contributed by atoms with Crippen molar-refractivity contribution in [3.05, 3.63) is 161 Å². The monoisotopic (exact) mass is 704 g/mol. The molecule has 4 heteroatoms. The molecule has 0 spiro atoms. The Labute approximate surface area is 269 Å². The summed E-state index contributed by atoms with van der Waals surface area (Å²) in [5, 5.41) is 13.7. The predicted molar refractivity (Wildman–Crippen MR) is 192 cm³/mol. The molecule has 5 aromatic carbocycles. The summed E-state index contributed by atoms with van der Waals surface area (Å²) in [6.45, 7) is 9.78. The van der Waals surface area contributed by atoms with E-state index in [1.807, 2.05) is 0 Å². The molecular formula is C40H44O2SiSn. The van der Waals surface area contributed by atoms with E-state index in [0.29, 0.717) is 6.61 Å². The fourth-order valence-electron chi connectivity index (χ4n) is 6.83. The van der Waals surface area contributed by atoms with Gasteiger partial charge in [-0.15, -0.1) is 0 Å². The molecule has 0 heterocycles. The third-order valence-corrected chi connectivity index (χ3v) is 27.7. The molecule has 0 saturated carbocycles. The molecule has 0 fully saturated rings. The fraction of sp³-hybridized carbons (Fsp3) is 0.200. The van der Waals surface area contributed by atoms with E-state index in [4.69, 9.17) is 4.43 Å². The number of aliphatic hydroxyl groups is 1. The van der Waals surface area contributed by atoms with Gasteiger partial charge in [0.15, 0.2) is 0 Å². The van der Waals surface area contributed by atoms with Crippen LogP contribution in [0, 0.1) is 5.92 Å². The number of hydrogen-bond acceptors (Lipinski definition) is 2. The van der Waals surface area contributed by atoms with Gasteiger partial charge in [0.1, 0.15) is 0 Å². The van der Waals surface area contributed by atoms with Crippen LogP contribution in [0.5, 0.6) is 0 Å². The molecule has 44 heavy (non-hydrogen) atoms. The molecule has 0 aliphatic rings. The van der Waals surface area contributed by atoms with Crippen LogP contribution >= 0.6 is 0 Å². The van der Waals surface area contributed by atoms with Gasteiger partial charge in [0.2, 0.25) is 0 Å². The number of aliphatic hydroxyl groups excluding tert-OH is 1. The zero-order valence-corrected chi connectivity index (χ0v) is 30.2. The van der Waals surface area contributed by atoms with E-state index in [2.05, 4.69) is 185 Å². The van der Waals surface area contributed by atoms with Crippen molar-refractivity contribution < 1.29 is 9.53 Å². The van der Waals surface area contributed by atoms with Crippen molar-refractivity contribution in [2.75, 3.05) is 13.2 Å². The second-order valence-corrected chi connectivity index (χ2v) is 28.0. The molecule has 0 aliphatic heterocycles. The molecule has 0 bridgehead atoms. The Kier molecular flexibility index (Phi) is 10.4. The maximum atomic E-state index is 11.3. The van der Waals surface area contributed by atoms with Crippen LogP contribution in [0.4, 0.5) is 0 Å². The molecule has 5 aromatic rings. The van der Waals surface area contributed by atoms with E-state index in [9.17, 15) is 5.11 Å². The molecule has 0 amide bonds. The van der Waals surface area contributed by atoms with Crippen molar-refractivity contribution in [3.8, 4) is 0 Å². The first-order valence-electron chi connectivity index (χ1n) is 15.6. The summed E-state index contributed by atoms with van der Waals surface area (Å²) >= 11 is -3.88. The molecule has 224 valence electrons. The second kappa shape index (κ2) is 14.3. The number of rotatable bonds is 11. The molecule has 0 aromatic heterocycles. The number of hydrogen-bond donors (Lipinski definition) is 1. The van der Waals surface area contributed by atoms with Gasteiger partial charge in [-0.25, -0.2) is 0 Å².